The van der Waals surface area contributed by atoms with Gasteiger partial charge in [-0.2, -0.15) is 0 Å². The lowest BCUT2D eigenvalue weighted by Gasteiger charge is -2.23. The number of esters is 1. The summed E-state index contributed by atoms with van der Waals surface area (Å²) in [4.78, 5) is 56.8. The fourth-order valence-electron chi connectivity index (χ4n) is 2.07. The molecule has 0 fully saturated rings. The van der Waals surface area contributed by atoms with Crippen LogP contribution in [0.4, 0.5) is 0 Å². The highest BCUT2D eigenvalue weighted by molar-refractivity contribution is 7.99. The number of hydrogen-bond acceptors (Lipinski definition) is 7. The number of thioether (sulfide) groups is 1. The zero-order chi connectivity index (χ0) is 19.7. The number of rotatable bonds is 9. The summed E-state index contributed by atoms with van der Waals surface area (Å²) in [6.07, 6.45) is -0.125. The Bertz CT molecular complexity index is 702. The van der Waals surface area contributed by atoms with E-state index in [4.69, 9.17) is 0 Å². The summed E-state index contributed by atoms with van der Waals surface area (Å²) >= 11 is 1.03. The number of amides is 2. The van der Waals surface area contributed by atoms with Crippen molar-refractivity contribution in [2.45, 2.75) is 25.4 Å². The van der Waals surface area contributed by atoms with Gasteiger partial charge in [-0.05, 0) is 13.8 Å². The summed E-state index contributed by atoms with van der Waals surface area (Å²) in [6.45, 7) is 4.92. The molecule has 0 aliphatic rings. The molecule has 1 aromatic heterocycles. The zero-order valence-corrected chi connectivity index (χ0v) is 16.2. The number of likely N-dealkylation sites (N-methyl/N-ethyl adjacent to an activating group) is 2. The van der Waals surface area contributed by atoms with Crippen molar-refractivity contribution in [2.24, 2.45) is 0 Å². The predicted molar refractivity (Wildman–Crippen MR) is 96.9 cm³/mol. The maximum Gasteiger partial charge on any atom is 0.311 e. The fourth-order valence-corrected chi connectivity index (χ4v) is 2.91. The molecule has 0 aliphatic carbocycles. The summed E-state index contributed by atoms with van der Waals surface area (Å²) in [6, 6.07) is 1.21. The molecule has 1 heterocycles. The molecule has 0 bridgehead atoms. The number of methoxy groups -OCH3 is 1. The van der Waals surface area contributed by atoms with Gasteiger partial charge in [0.1, 0.15) is 0 Å². The van der Waals surface area contributed by atoms with E-state index >= 15 is 0 Å². The molecule has 0 saturated heterocycles. The van der Waals surface area contributed by atoms with Crippen LogP contribution in [0, 0.1) is 0 Å². The van der Waals surface area contributed by atoms with Crippen LogP contribution in [-0.4, -0.2) is 77.1 Å². The molecule has 26 heavy (non-hydrogen) atoms. The molecule has 0 spiro atoms. The van der Waals surface area contributed by atoms with Gasteiger partial charge in [0, 0.05) is 26.2 Å². The molecule has 2 amide bonds. The molecule has 144 valence electrons. The van der Waals surface area contributed by atoms with Gasteiger partial charge in [0.05, 0.1) is 31.5 Å². The van der Waals surface area contributed by atoms with Gasteiger partial charge in [0.25, 0.3) is 5.56 Å². The molecule has 0 unspecified atom stereocenters. The average molecular weight is 384 g/mol. The van der Waals surface area contributed by atoms with Gasteiger partial charge in [-0.1, -0.05) is 11.8 Å². The van der Waals surface area contributed by atoms with Crippen molar-refractivity contribution < 1.29 is 19.1 Å². The fraction of sp³-hybridized carbons (Fsp3) is 0.562. The number of H-pyrrole nitrogens is 1. The highest BCUT2D eigenvalue weighted by Crippen LogP contribution is 2.12. The zero-order valence-electron chi connectivity index (χ0n) is 15.4. The molecule has 1 rings (SSSR count). The molecule has 0 aromatic carbocycles. The van der Waals surface area contributed by atoms with Crippen molar-refractivity contribution in [3.8, 4) is 0 Å². The number of carbonyl (C=O) groups excluding carboxylic acids is 3. The Labute approximate surface area is 156 Å². The monoisotopic (exact) mass is 384 g/mol. The molecule has 0 atom stereocenters. The van der Waals surface area contributed by atoms with Gasteiger partial charge < -0.3 is 19.5 Å². The molecular weight excluding hydrogens is 360 g/mol. The maximum atomic E-state index is 12.2. The van der Waals surface area contributed by atoms with Crippen LogP contribution in [0.3, 0.4) is 0 Å². The summed E-state index contributed by atoms with van der Waals surface area (Å²) in [5.74, 6) is -0.893. The molecule has 0 aliphatic heterocycles. The molecule has 0 saturated carbocycles. The Morgan fingerprint density at radius 1 is 1.23 bits per heavy atom. The van der Waals surface area contributed by atoms with E-state index < -0.39 is 11.5 Å². The maximum absolute atomic E-state index is 12.2. The first-order valence-electron chi connectivity index (χ1n) is 8.12. The minimum Gasteiger partial charge on any atom is -0.469 e. The molecular formula is C16H24N4O5S. The third-order valence-corrected chi connectivity index (χ3v) is 4.43. The first-order valence-corrected chi connectivity index (χ1v) is 9.10. The topological polar surface area (TPSA) is 113 Å². The van der Waals surface area contributed by atoms with Crippen LogP contribution < -0.4 is 5.56 Å². The Kier molecular flexibility index (Phi) is 8.83. The molecule has 10 heteroatoms. The van der Waals surface area contributed by atoms with Gasteiger partial charge >= 0.3 is 5.97 Å². The standard InChI is InChI=1S/C16H24N4O5S/c1-5-20(6-2)13(22)9-19(3)14(23)10-26-16-17-11(7-12(21)18-16)8-15(24)25-4/h7H,5-6,8-10H2,1-4H3,(H,17,18,21). The summed E-state index contributed by atoms with van der Waals surface area (Å²) < 4.78 is 4.54. The van der Waals surface area contributed by atoms with E-state index in [1.165, 1.54) is 18.1 Å². The second-order valence-corrected chi connectivity index (χ2v) is 6.36. The van der Waals surface area contributed by atoms with E-state index in [1.54, 1.807) is 11.9 Å². The van der Waals surface area contributed by atoms with Gasteiger partial charge in [0.15, 0.2) is 5.16 Å². The number of ether oxygens (including phenoxy) is 1. The van der Waals surface area contributed by atoms with Gasteiger partial charge in [-0.3, -0.25) is 19.2 Å². The number of nitrogens with zero attached hydrogens (tertiary/aromatic N) is 3. The highest BCUT2D eigenvalue weighted by Gasteiger charge is 2.17. The number of aromatic nitrogens is 2. The third-order valence-electron chi connectivity index (χ3n) is 3.57. The number of carbonyl (C=O) groups is 3. The highest BCUT2D eigenvalue weighted by atomic mass is 32.2. The second kappa shape index (κ2) is 10.6. The summed E-state index contributed by atoms with van der Waals surface area (Å²) in [5.41, 5.74) is -0.153. The van der Waals surface area contributed by atoms with E-state index in [-0.39, 0.29) is 41.4 Å². The Morgan fingerprint density at radius 2 is 1.88 bits per heavy atom. The van der Waals surface area contributed by atoms with E-state index in [0.29, 0.717) is 13.1 Å². The van der Waals surface area contributed by atoms with Crippen LogP contribution in [0.2, 0.25) is 0 Å². The Morgan fingerprint density at radius 3 is 2.46 bits per heavy atom. The van der Waals surface area contributed by atoms with Crippen LogP contribution in [0.15, 0.2) is 16.0 Å². The van der Waals surface area contributed by atoms with Gasteiger partial charge in [-0.25, -0.2) is 4.98 Å². The lowest BCUT2D eigenvalue weighted by molar-refractivity contribution is -0.139. The average Bonchev–Trinajstić information content (AvgIpc) is 2.59. The molecule has 1 aromatic rings. The molecule has 9 nitrogen and oxygen atoms in total. The SMILES string of the molecule is CCN(CC)C(=O)CN(C)C(=O)CSc1nc(CC(=O)OC)cc(=O)[nH]1. The quantitative estimate of drug-likeness (QED) is 0.359. The molecule has 1 N–H and O–H groups in total. The van der Waals surface area contributed by atoms with Crippen molar-refractivity contribution in [3.63, 3.8) is 0 Å². The van der Waals surface area contributed by atoms with Crippen LogP contribution in [0.1, 0.15) is 19.5 Å². The van der Waals surface area contributed by atoms with Crippen molar-refractivity contribution in [1.29, 1.82) is 0 Å². The summed E-state index contributed by atoms with van der Waals surface area (Å²) in [5, 5.41) is 0.230. The predicted octanol–water partition coefficient (Wildman–Crippen LogP) is -0.0957. The number of aromatic amines is 1. The van der Waals surface area contributed by atoms with Crippen molar-refractivity contribution in [1.82, 2.24) is 19.8 Å². The van der Waals surface area contributed by atoms with Crippen molar-refractivity contribution >= 4 is 29.5 Å². The third kappa shape index (κ3) is 6.87. The normalized spacial score (nSPS) is 10.3. The summed E-state index contributed by atoms with van der Waals surface area (Å²) in [7, 11) is 2.80. The first kappa shape index (κ1) is 21.7. The number of hydrogen-bond donors (Lipinski definition) is 1. The second-order valence-electron chi connectivity index (χ2n) is 5.40. The molecule has 0 radical (unpaired) electrons. The first-order chi connectivity index (χ1) is 12.3. The smallest absolute Gasteiger partial charge is 0.311 e. The van der Waals surface area contributed by atoms with Crippen LogP contribution in [0.25, 0.3) is 0 Å². The minimum atomic E-state index is -0.509. The number of nitrogens with one attached hydrogen (secondary N) is 1. The minimum absolute atomic E-state index is 0.00655. The largest absolute Gasteiger partial charge is 0.469 e. The van der Waals surface area contributed by atoms with Crippen molar-refractivity contribution in [3.05, 3.63) is 22.1 Å². The van der Waals surface area contributed by atoms with E-state index in [0.717, 1.165) is 11.8 Å². The van der Waals surface area contributed by atoms with Gasteiger partial charge in [-0.15, -0.1) is 0 Å². The van der Waals surface area contributed by atoms with Crippen LogP contribution in [0.5, 0.6) is 0 Å². The van der Waals surface area contributed by atoms with Crippen LogP contribution >= 0.6 is 11.8 Å². The lowest BCUT2D eigenvalue weighted by atomic mass is 10.3. The Hall–Kier alpha value is -2.36. The Balaban J connectivity index is 2.65. The van der Waals surface area contributed by atoms with Crippen LogP contribution in [-0.2, 0) is 25.5 Å². The lowest BCUT2D eigenvalue weighted by Crippen LogP contribution is -2.41. The van der Waals surface area contributed by atoms with E-state index in [2.05, 4.69) is 14.7 Å². The van der Waals surface area contributed by atoms with Crippen molar-refractivity contribution in [2.75, 3.05) is 39.5 Å². The van der Waals surface area contributed by atoms with E-state index in [1.807, 2.05) is 13.8 Å². The van der Waals surface area contributed by atoms with Gasteiger partial charge in [0.2, 0.25) is 11.8 Å². The van der Waals surface area contributed by atoms with E-state index in [9.17, 15) is 19.2 Å².